The number of amides is 1. The fraction of sp³-hybridized carbons (Fsp3) is 0.0769. The first-order valence-electron chi connectivity index (χ1n) is 5.94. The lowest BCUT2D eigenvalue weighted by atomic mass is 10.3. The minimum Gasteiger partial charge on any atom is -0.476 e. The van der Waals surface area contributed by atoms with E-state index in [2.05, 4.69) is 10.3 Å². The van der Waals surface area contributed by atoms with Crippen LogP contribution >= 0.6 is 11.6 Å². The second-order valence-corrected chi connectivity index (χ2v) is 4.45. The SMILES string of the molecule is O=C(COc1cccnc1[N+](=O)[O-])Nc1ccc(F)cc1Cl. The molecule has 1 aromatic heterocycles. The fourth-order valence-corrected chi connectivity index (χ4v) is 1.77. The predicted molar refractivity (Wildman–Crippen MR) is 76.4 cm³/mol. The molecule has 7 nitrogen and oxygen atoms in total. The number of nitrogens with zero attached hydrogens (tertiary/aromatic N) is 2. The van der Waals surface area contributed by atoms with Crippen LogP contribution in [0.15, 0.2) is 36.5 Å². The number of anilines is 1. The number of carbonyl (C=O) groups excluding carboxylic acids is 1. The monoisotopic (exact) mass is 325 g/mol. The molecule has 2 aromatic rings. The summed E-state index contributed by atoms with van der Waals surface area (Å²) >= 11 is 5.76. The number of carbonyl (C=O) groups is 1. The van der Waals surface area contributed by atoms with Gasteiger partial charge < -0.3 is 20.2 Å². The number of hydrogen-bond acceptors (Lipinski definition) is 5. The van der Waals surface area contributed by atoms with Gasteiger partial charge in [-0.3, -0.25) is 4.79 Å². The molecule has 0 atom stereocenters. The van der Waals surface area contributed by atoms with Gasteiger partial charge in [-0.05, 0) is 40.2 Å². The number of aromatic nitrogens is 1. The minimum absolute atomic E-state index is 0.0284. The fourth-order valence-electron chi connectivity index (χ4n) is 1.55. The summed E-state index contributed by atoms with van der Waals surface area (Å²) in [6.07, 6.45) is 1.24. The highest BCUT2D eigenvalue weighted by atomic mass is 35.5. The number of hydrogen-bond donors (Lipinski definition) is 1. The van der Waals surface area contributed by atoms with Gasteiger partial charge in [0.25, 0.3) is 5.91 Å². The molecule has 22 heavy (non-hydrogen) atoms. The van der Waals surface area contributed by atoms with E-state index in [1.165, 1.54) is 24.4 Å². The minimum atomic E-state index is -0.718. The lowest BCUT2D eigenvalue weighted by molar-refractivity contribution is -0.390. The average molecular weight is 326 g/mol. The maximum absolute atomic E-state index is 12.9. The number of ether oxygens (including phenoxy) is 1. The summed E-state index contributed by atoms with van der Waals surface area (Å²) in [6.45, 7) is -0.486. The summed E-state index contributed by atoms with van der Waals surface area (Å²) in [7, 11) is 0. The van der Waals surface area contributed by atoms with E-state index in [0.29, 0.717) is 0 Å². The number of pyridine rings is 1. The smallest absolute Gasteiger partial charge is 0.406 e. The van der Waals surface area contributed by atoms with E-state index >= 15 is 0 Å². The number of benzene rings is 1. The van der Waals surface area contributed by atoms with Gasteiger partial charge in [0.05, 0.1) is 10.7 Å². The zero-order valence-electron chi connectivity index (χ0n) is 11.0. The van der Waals surface area contributed by atoms with Crippen molar-refractivity contribution in [2.45, 2.75) is 0 Å². The molecule has 0 unspecified atom stereocenters. The molecule has 0 saturated carbocycles. The summed E-state index contributed by atoms with van der Waals surface area (Å²) in [5.74, 6) is -1.76. The first kappa shape index (κ1) is 15.6. The van der Waals surface area contributed by atoms with Crippen molar-refractivity contribution in [3.63, 3.8) is 0 Å². The molecule has 1 heterocycles. The van der Waals surface area contributed by atoms with Gasteiger partial charge in [0.1, 0.15) is 12.0 Å². The zero-order chi connectivity index (χ0) is 16.1. The molecule has 0 bridgehead atoms. The standard InChI is InChI=1S/C13H9ClFN3O4/c14-9-6-8(15)3-4-10(9)17-12(19)7-22-11-2-1-5-16-13(11)18(20)21/h1-6H,7H2,(H,17,19). The molecule has 1 N–H and O–H groups in total. The van der Waals surface area contributed by atoms with Crippen molar-refractivity contribution in [3.8, 4) is 5.75 Å². The average Bonchev–Trinajstić information content (AvgIpc) is 2.48. The van der Waals surface area contributed by atoms with Crippen molar-refractivity contribution in [2.75, 3.05) is 11.9 Å². The molecular weight excluding hydrogens is 317 g/mol. The highest BCUT2D eigenvalue weighted by Gasteiger charge is 2.17. The Morgan fingerprint density at radius 1 is 1.45 bits per heavy atom. The number of nitrogens with one attached hydrogen (secondary N) is 1. The van der Waals surface area contributed by atoms with Crippen LogP contribution in [-0.2, 0) is 4.79 Å². The molecule has 0 fully saturated rings. The van der Waals surface area contributed by atoms with Crippen molar-refractivity contribution in [2.24, 2.45) is 0 Å². The summed E-state index contributed by atoms with van der Waals surface area (Å²) in [5.41, 5.74) is 0.206. The van der Waals surface area contributed by atoms with Crippen molar-refractivity contribution in [1.82, 2.24) is 4.98 Å². The third-order valence-corrected chi connectivity index (χ3v) is 2.80. The van der Waals surface area contributed by atoms with Crippen molar-refractivity contribution in [3.05, 3.63) is 57.5 Å². The van der Waals surface area contributed by atoms with E-state index in [-0.39, 0.29) is 16.5 Å². The molecule has 9 heteroatoms. The van der Waals surface area contributed by atoms with Crippen LogP contribution in [0, 0.1) is 15.9 Å². The second kappa shape index (κ2) is 6.81. The van der Waals surface area contributed by atoms with E-state index in [9.17, 15) is 19.3 Å². The first-order valence-corrected chi connectivity index (χ1v) is 6.32. The summed E-state index contributed by atoms with van der Waals surface area (Å²) in [5, 5.41) is 13.2. The Balaban J connectivity index is 2.00. The summed E-state index contributed by atoms with van der Waals surface area (Å²) in [6, 6.07) is 6.24. The molecule has 0 saturated heterocycles. The van der Waals surface area contributed by atoms with E-state index in [1.807, 2.05) is 0 Å². The van der Waals surface area contributed by atoms with Gasteiger partial charge in [0, 0.05) is 0 Å². The molecule has 1 aromatic carbocycles. The van der Waals surface area contributed by atoms with Gasteiger partial charge in [-0.1, -0.05) is 11.6 Å². The Hall–Kier alpha value is -2.74. The van der Waals surface area contributed by atoms with Gasteiger partial charge >= 0.3 is 5.82 Å². The van der Waals surface area contributed by atoms with Gasteiger partial charge in [0.2, 0.25) is 5.75 Å². The van der Waals surface area contributed by atoms with Gasteiger partial charge in [-0.2, -0.15) is 0 Å². The molecular formula is C13H9ClFN3O4. The molecule has 0 spiro atoms. The third-order valence-electron chi connectivity index (χ3n) is 2.49. The normalized spacial score (nSPS) is 10.1. The Morgan fingerprint density at radius 2 is 2.23 bits per heavy atom. The Bertz CT molecular complexity index is 726. The Kier molecular flexibility index (Phi) is 4.84. The number of nitro groups is 1. The van der Waals surface area contributed by atoms with E-state index in [0.717, 1.165) is 12.1 Å². The van der Waals surface area contributed by atoms with E-state index in [1.54, 1.807) is 0 Å². The van der Waals surface area contributed by atoms with Crippen LogP contribution in [0.1, 0.15) is 0 Å². The molecule has 1 amide bonds. The number of rotatable bonds is 5. The maximum Gasteiger partial charge on any atom is 0.406 e. The van der Waals surface area contributed by atoms with Crippen molar-refractivity contribution < 1.29 is 18.8 Å². The molecule has 0 aliphatic carbocycles. The Labute approximate surface area is 128 Å². The van der Waals surface area contributed by atoms with E-state index < -0.39 is 29.1 Å². The third kappa shape index (κ3) is 3.89. The topological polar surface area (TPSA) is 94.4 Å². The van der Waals surface area contributed by atoms with Crippen molar-refractivity contribution in [1.29, 1.82) is 0 Å². The van der Waals surface area contributed by atoms with Crippen LogP contribution in [0.5, 0.6) is 5.75 Å². The van der Waals surface area contributed by atoms with Crippen molar-refractivity contribution >= 4 is 29.0 Å². The molecule has 114 valence electrons. The molecule has 0 aliphatic heterocycles. The Morgan fingerprint density at radius 3 is 2.91 bits per heavy atom. The summed E-state index contributed by atoms with van der Waals surface area (Å²) < 4.78 is 17.9. The van der Waals surface area contributed by atoms with Crippen LogP contribution in [0.25, 0.3) is 0 Å². The highest BCUT2D eigenvalue weighted by Crippen LogP contribution is 2.24. The molecule has 0 aliphatic rings. The predicted octanol–water partition coefficient (Wildman–Crippen LogP) is 2.80. The zero-order valence-corrected chi connectivity index (χ0v) is 11.7. The molecule has 0 radical (unpaired) electrons. The first-order chi connectivity index (χ1) is 10.5. The van der Waals surface area contributed by atoms with Crippen LogP contribution in [0.4, 0.5) is 15.9 Å². The highest BCUT2D eigenvalue weighted by molar-refractivity contribution is 6.33. The van der Waals surface area contributed by atoms with Gasteiger partial charge in [-0.15, -0.1) is 0 Å². The lowest BCUT2D eigenvalue weighted by Crippen LogP contribution is -2.20. The van der Waals surface area contributed by atoms with Gasteiger partial charge in [-0.25, -0.2) is 4.39 Å². The van der Waals surface area contributed by atoms with Crippen LogP contribution in [0.2, 0.25) is 5.02 Å². The van der Waals surface area contributed by atoms with Crippen LogP contribution in [-0.4, -0.2) is 22.4 Å². The maximum atomic E-state index is 12.9. The van der Waals surface area contributed by atoms with Crippen LogP contribution < -0.4 is 10.1 Å². The summed E-state index contributed by atoms with van der Waals surface area (Å²) in [4.78, 5) is 25.3. The quantitative estimate of drug-likeness (QED) is 0.673. The lowest BCUT2D eigenvalue weighted by Gasteiger charge is -2.08. The number of halogens is 2. The van der Waals surface area contributed by atoms with Gasteiger partial charge in [0.15, 0.2) is 6.61 Å². The largest absolute Gasteiger partial charge is 0.476 e. The second-order valence-electron chi connectivity index (χ2n) is 4.04. The van der Waals surface area contributed by atoms with Crippen LogP contribution in [0.3, 0.4) is 0 Å². The van der Waals surface area contributed by atoms with E-state index in [4.69, 9.17) is 16.3 Å². The molecule has 2 rings (SSSR count).